The molecular weight excluding hydrogens is 370 g/mol. The van der Waals surface area contributed by atoms with Gasteiger partial charge in [0.2, 0.25) is 0 Å². The van der Waals surface area contributed by atoms with Gasteiger partial charge in [0, 0.05) is 38.3 Å². The molecule has 0 spiro atoms. The Balaban J connectivity index is 1.32. The molecular formula is C25H41N5. The van der Waals surface area contributed by atoms with Gasteiger partial charge in [0.15, 0.2) is 5.96 Å². The molecule has 2 atom stereocenters. The molecule has 2 unspecified atom stereocenters. The predicted octanol–water partition coefficient (Wildman–Crippen LogP) is 3.74. The van der Waals surface area contributed by atoms with Crippen molar-refractivity contribution >= 4 is 5.96 Å². The van der Waals surface area contributed by atoms with Crippen molar-refractivity contribution in [1.82, 2.24) is 20.4 Å². The quantitative estimate of drug-likeness (QED) is 0.572. The topological polar surface area (TPSA) is 42.9 Å². The molecule has 3 aliphatic rings. The molecule has 1 aromatic rings. The third kappa shape index (κ3) is 5.55. The molecule has 5 heteroatoms. The Morgan fingerprint density at radius 1 is 0.967 bits per heavy atom. The van der Waals surface area contributed by atoms with Gasteiger partial charge in [0.05, 0.1) is 0 Å². The molecule has 0 radical (unpaired) electrons. The van der Waals surface area contributed by atoms with Gasteiger partial charge in [-0.3, -0.25) is 9.89 Å². The summed E-state index contributed by atoms with van der Waals surface area (Å²) in [6, 6.07) is 10.9. The third-order valence-corrected chi connectivity index (χ3v) is 7.56. The summed E-state index contributed by atoms with van der Waals surface area (Å²) in [5, 5.41) is 7.34. The van der Waals surface area contributed by atoms with Crippen molar-refractivity contribution in [2.45, 2.75) is 89.0 Å². The first-order chi connectivity index (χ1) is 14.7. The van der Waals surface area contributed by atoms with Crippen molar-refractivity contribution in [3.63, 3.8) is 0 Å². The highest BCUT2D eigenvalue weighted by molar-refractivity contribution is 5.80. The molecule has 3 heterocycles. The van der Waals surface area contributed by atoms with E-state index in [-0.39, 0.29) is 0 Å². The number of piperidine rings is 2. The Kier molecular flexibility index (Phi) is 7.67. The summed E-state index contributed by atoms with van der Waals surface area (Å²) in [6.45, 7) is 4.39. The summed E-state index contributed by atoms with van der Waals surface area (Å²) in [5.74, 6) is 0.951. The largest absolute Gasteiger partial charge is 0.354 e. The van der Waals surface area contributed by atoms with E-state index in [4.69, 9.17) is 0 Å². The Bertz CT molecular complexity index is 681. The number of nitrogens with zero attached hydrogens (tertiary/aromatic N) is 3. The van der Waals surface area contributed by atoms with Crippen molar-refractivity contribution < 1.29 is 0 Å². The summed E-state index contributed by atoms with van der Waals surface area (Å²) >= 11 is 0. The minimum absolute atomic E-state index is 0.537. The van der Waals surface area contributed by atoms with E-state index in [0.717, 1.165) is 31.1 Å². The smallest absolute Gasteiger partial charge is 0.191 e. The van der Waals surface area contributed by atoms with Crippen LogP contribution in [-0.2, 0) is 13.1 Å². The zero-order valence-electron chi connectivity index (χ0n) is 19.1. The van der Waals surface area contributed by atoms with Gasteiger partial charge in [-0.05, 0) is 69.8 Å². The molecule has 0 aromatic heterocycles. The monoisotopic (exact) mass is 411 g/mol. The lowest BCUT2D eigenvalue weighted by atomic mass is 9.82. The van der Waals surface area contributed by atoms with Crippen LogP contribution in [0.15, 0.2) is 29.3 Å². The Morgan fingerprint density at radius 2 is 1.63 bits per heavy atom. The molecule has 2 bridgehead atoms. The fraction of sp³-hybridized carbons (Fsp3) is 0.720. The van der Waals surface area contributed by atoms with Crippen LogP contribution in [0.1, 0.15) is 68.9 Å². The lowest BCUT2D eigenvalue weighted by molar-refractivity contribution is 0.0526. The van der Waals surface area contributed by atoms with Gasteiger partial charge in [-0.1, -0.05) is 43.5 Å². The van der Waals surface area contributed by atoms with Gasteiger partial charge in [0.25, 0.3) is 0 Å². The van der Waals surface area contributed by atoms with Crippen LogP contribution in [-0.4, -0.2) is 61.1 Å². The van der Waals surface area contributed by atoms with E-state index in [0.29, 0.717) is 6.04 Å². The van der Waals surface area contributed by atoms with Gasteiger partial charge in [-0.2, -0.15) is 0 Å². The molecule has 4 rings (SSSR count). The van der Waals surface area contributed by atoms with Crippen molar-refractivity contribution in [2.75, 3.05) is 27.2 Å². The molecule has 0 saturated carbocycles. The lowest BCUT2D eigenvalue weighted by Crippen LogP contribution is -2.56. The van der Waals surface area contributed by atoms with Crippen molar-refractivity contribution in [3.05, 3.63) is 35.4 Å². The van der Waals surface area contributed by atoms with Gasteiger partial charge < -0.3 is 15.5 Å². The van der Waals surface area contributed by atoms with Crippen LogP contribution in [0.5, 0.6) is 0 Å². The summed E-state index contributed by atoms with van der Waals surface area (Å²) in [6.07, 6.45) is 12.0. The fourth-order valence-electron chi connectivity index (χ4n) is 5.72. The van der Waals surface area contributed by atoms with Crippen molar-refractivity contribution in [3.8, 4) is 0 Å². The number of fused-ring (bicyclic) bond motifs is 2. The number of hydrogen-bond donors (Lipinski definition) is 2. The van der Waals surface area contributed by atoms with Gasteiger partial charge in [-0.15, -0.1) is 0 Å². The Hall–Kier alpha value is -1.59. The molecule has 1 aromatic carbocycles. The van der Waals surface area contributed by atoms with Crippen molar-refractivity contribution in [2.24, 2.45) is 4.99 Å². The van der Waals surface area contributed by atoms with E-state index in [9.17, 15) is 0 Å². The van der Waals surface area contributed by atoms with Crippen molar-refractivity contribution in [1.29, 1.82) is 0 Å². The zero-order valence-corrected chi connectivity index (χ0v) is 19.1. The Morgan fingerprint density at radius 3 is 2.30 bits per heavy atom. The average molecular weight is 412 g/mol. The minimum atomic E-state index is 0.537. The van der Waals surface area contributed by atoms with Gasteiger partial charge in [-0.25, -0.2) is 0 Å². The van der Waals surface area contributed by atoms with Crippen LogP contribution in [0.3, 0.4) is 0 Å². The van der Waals surface area contributed by atoms with E-state index < -0.39 is 0 Å². The van der Waals surface area contributed by atoms with Gasteiger partial charge >= 0.3 is 0 Å². The van der Waals surface area contributed by atoms with Crippen LogP contribution in [0.4, 0.5) is 0 Å². The summed E-state index contributed by atoms with van der Waals surface area (Å²) < 4.78 is 0. The van der Waals surface area contributed by atoms with Crippen LogP contribution in [0, 0.1) is 0 Å². The molecule has 30 heavy (non-hydrogen) atoms. The normalized spacial score (nSPS) is 28.7. The highest BCUT2D eigenvalue weighted by Crippen LogP contribution is 2.32. The number of rotatable bonds is 5. The van der Waals surface area contributed by atoms with E-state index in [2.05, 4.69) is 56.7 Å². The molecule has 0 amide bonds. The molecule has 5 nitrogen and oxygen atoms in total. The summed E-state index contributed by atoms with van der Waals surface area (Å²) in [7, 11) is 4.22. The molecule has 3 aliphatic heterocycles. The molecule has 2 N–H and O–H groups in total. The highest BCUT2D eigenvalue weighted by Gasteiger charge is 2.36. The van der Waals surface area contributed by atoms with E-state index in [1.54, 1.807) is 0 Å². The van der Waals surface area contributed by atoms with Crippen LogP contribution < -0.4 is 10.6 Å². The van der Waals surface area contributed by atoms with E-state index >= 15 is 0 Å². The third-order valence-electron chi connectivity index (χ3n) is 7.56. The highest BCUT2D eigenvalue weighted by atomic mass is 15.2. The number of nitrogens with one attached hydrogen (secondary N) is 2. The minimum Gasteiger partial charge on any atom is -0.354 e. The second-order valence-corrected chi connectivity index (χ2v) is 9.60. The predicted molar refractivity (Wildman–Crippen MR) is 126 cm³/mol. The molecule has 0 aliphatic carbocycles. The molecule has 3 saturated heterocycles. The second-order valence-electron chi connectivity index (χ2n) is 9.60. The number of aliphatic imine (C=N–C) groups is 1. The summed E-state index contributed by atoms with van der Waals surface area (Å²) in [4.78, 5) is 9.80. The maximum atomic E-state index is 4.54. The lowest BCUT2D eigenvalue weighted by Gasteiger charge is -2.47. The zero-order chi connectivity index (χ0) is 20.8. The van der Waals surface area contributed by atoms with Crippen LogP contribution >= 0.6 is 0 Å². The number of guanidine groups is 1. The van der Waals surface area contributed by atoms with Gasteiger partial charge in [0.1, 0.15) is 0 Å². The van der Waals surface area contributed by atoms with Crippen LogP contribution in [0.25, 0.3) is 0 Å². The Labute approximate surface area is 183 Å². The number of hydrogen-bond acceptors (Lipinski definition) is 3. The first-order valence-electron chi connectivity index (χ1n) is 12.2. The molecule has 166 valence electrons. The number of likely N-dealkylation sites (tertiary alicyclic amines) is 1. The first-order valence-corrected chi connectivity index (χ1v) is 12.2. The fourth-order valence-corrected chi connectivity index (χ4v) is 5.72. The van der Waals surface area contributed by atoms with E-state index in [1.165, 1.54) is 82.0 Å². The molecule has 3 fully saturated rings. The number of benzene rings is 1. The van der Waals surface area contributed by atoms with Crippen LogP contribution in [0.2, 0.25) is 0 Å². The standard InChI is InChI=1S/C25H41N5/c1-26-25(28-22-16-23-12-9-13-24(17-22)29(23)2)27-18-20-10-5-6-11-21(20)19-30-14-7-3-4-8-15-30/h5-6,10-11,22-24H,3-4,7-9,12-19H2,1-2H3,(H2,26,27,28). The average Bonchev–Trinajstić information content (AvgIpc) is 3.01. The second kappa shape index (κ2) is 10.6. The summed E-state index contributed by atoms with van der Waals surface area (Å²) in [5.41, 5.74) is 2.85. The SMILES string of the molecule is CN=C(NCc1ccccc1CN1CCCCCC1)NC1CC2CCCC(C1)N2C. The maximum Gasteiger partial charge on any atom is 0.191 e. The van der Waals surface area contributed by atoms with E-state index in [1.807, 2.05) is 7.05 Å². The maximum absolute atomic E-state index is 4.54. The first kappa shape index (κ1) is 21.6.